The predicted octanol–water partition coefficient (Wildman–Crippen LogP) is 4.65. The fourth-order valence-corrected chi connectivity index (χ4v) is 2.51. The smallest absolute Gasteiger partial charge is 0.0414 e. The Morgan fingerprint density at radius 3 is 2.15 bits per heavy atom. The van der Waals surface area contributed by atoms with Crippen LogP contribution in [0.5, 0.6) is 0 Å². The molecule has 0 fully saturated rings. The van der Waals surface area contributed by atoms with Gasteiger partial charge in [0, 0.05) is 11.9 Å². The fourth-order valence-electron chi connectivity index (χ4n) is 2.51. The number of pyridine rings is 1. The van der Waals surface area contributed by atoms with Crippen molar-refractivity contribution in [2.24, 2.45) is 0 Å². The summed E-state index contributed by atoms with van der Waals surface area (Å²) in [5.41, 5.74) is 6.27. The van der Waals surface area contributed by atoms with Gasteiger partial charge in [0.05, 0.1) is 0 Å². The molecule has 3 rings (SSSR count). The second-order valence-electron chi connectivity index (χ2n) is 4.95. The van der Waals surface area contributed by atoms with Crippen LogP contribution < -0.4 is 0 Å². The largest absolute Gasteiger partial charge is 0.261 e. The Balaban J connectivity index is 2.06. The minimum Gasteiger partial charge on any atom is -0.261 e. The highest BCUT2D eigenvalue weighted by Gasteiger charge is 2.09. The molecule has 1 nitrogen and oxygen atoms in total. The monoisotopic (exact) mass is 259 g/mol. The molecule has 0 atom stereocenters. The van der Waals surface area contributed by atoms with Crippen molar-refractivity contribution in [2.75, 3.05) is 0 Å². The maximum Gasteiger partial charge on any atom is 0.0414 e. The van der Waals surface area contributed by atoms with E-state index in [1.807, 2.05) is 6.20 Å². The Labute approximate surface area is 119 Å². The maximum absolute atomic E-state index is 4.46. The molecule has 0 unspecified atom stereocenters. The van der Waals surface area contributed by atoms with E-state index in [0.717, 1.165) is 12.1 Å². The standard InChI is InChI=1S/C19H17N/c1-15-19(14-16-8-4-2-5-9-16)18(12-13-20-15)17-10-6-3-7-11-17/h2-13H,14H2,1H3. The van der Waals surface area contributed by atoms with Gasteiger partial charge in [-0.2, -0.15) is 0 Å². The summed E-state index contributed by atoms with van der Waals surface area (Å²) in [6.07, 6.45) is 2.82. The van der Waals surface area contributed by atoms with Gasteiger partial charge in [-0.1, -0.05) is 60.7 Å². The van der Waals surface area contributed by atoms with Gasteiger partial charge in [-0.3, -0.25) is 4.98 Å². The van der Waals surface area contributed by atoms with Crippen LogP contribution in [0.15, 0.2) is 72.9 Å². The first-order valence-electron chi connectivity index (χ1n) is 6.88. The number of hydrogen-bond donors (Lipinski definition) is 0. The second kappa shape index (κ2) is 5.70. The van der Waals surface area contributed by atoms with Crippen LogP contribution in [0.4, 0.5) is 0 Å². The first kappa shape index (κ1) is 12.6. The van der Waals surface area contributed by atoms with Gasteiger partial charge in [0.1, 0.15) is 0 Å². The normalized spacial score (nSPS) is 10.4. The van der Waals surface area contributed by atoms with Crippen LogP contribution in [0, 0.1) is 6.92 Å². The number of hydrogen-bond acceptors (Lipinski definition) is 1. The summed E-state index contributed by atoms with van der Waals surface area (Å²) in [6.45, 7) is 2.09. The van der Waals surface area contributed by atoms with Gasteiger partial charge in [-0.05, 0) is 41.7 Å². The number of aryl methyl sites for hydroxylation is 1. The lowest BCUT2D eigenvalue weighted by atomic mass is 9.94. The highest BCUT2D eigenvalue weighted by Crippen LogP contribution is 2.26. The SMILES string of the molecule is Cc1nccc(-c2ccccc2)c1Cc1ccccc1. The van der Waals surface area contributed by atoms with E-state index in [2.05, 4.69) is 78.6 Å². The molecule has 1 heteroatoms. The summed E-state index contributed by atoms with van der Waals surface area (Å²) in [5.74, 6) is 0. The molecule has 0 saturated carbocycles. The third kappa shape index (κ3) is 2.62. The van der Waals surface area contributed by atoms with Gasteiger partial charge in [0.15, 0.2) is 0 Å². The average molecular weight is 259 g/mol. The lowest BCUT2D eigenvalue weighted by Gasteiger charge is -2.12. The van der Waals surface area contributed by atoms with Gasteiger partial charge >= 0.3 is 0 Å². The van der Waals surface area contributed by atoms with E-state index in [0.29, 0.717) is 0 Å². The molecule has 98 valence electrons. The van der Waals surface area contributed by atoms with Gasteiger partial charge in [0.25, 0.3) is 0 Å². The van der Waals surface area contributed by atoms with Crippen LogP contribution in [0.1, 0.15) is 16.8 Å². The highest BCUT2D eigenvalue weighted by atomic mass is 14.7. The summed E-state index contributed by atoms with van der Waals surface area (Å²) in [6, 6.07) is 23.2. The van der Waals surface area contributed by atoms with Crippen LogP contribution in [0.3, 0.4) is 0 Å². The molecule has 1 heterocycles. The Morgan fingerprint density at radius 2 is 1.45 bits per heavy atom. The van der Waals surface area contributed by atoms with E-state index >= 15 is 0 Å². The lowest BCUT2D eigenvalue weighted by Crippen LogP contribution is -1.98. The van der Waals surface area contributed by atoms with Crippen LogP contribution >= 0.6 is 0 Å². The van der Waals surface area contributed by atoms with Crippen molar-refractivity contribution in [1.82, 2.24) is 4.98 Å². The van der Waals surface area contributed by atoms with Crippen molar-refractivity contribution in [3.8, 4) is 11.1 Å². The Hall–Kier alpha value is -2.41. The van der Waals surface area contributed by atoms with Crippen molar-refractivity contribution in [2.45, 2.75) is 13.3 Å². The number of rotatable bonds is 3. The summed E-state index contributed by atoms with van der Waals surface area (Å²) in [7, 11) is 0. The van der Waals surface area contributed by atoms with E-state index in [-0.39, 0.29) is 0 Å². The molecule has 0 aliphatic rings. The van der Waals surface area contributed by atoms with Crippen molar-refractivity contribution in [3.63, 3.8) is 0 Å². The molecular formula is C19H17N. The van der Waals surface area contributed by atoms with E-state index in [9.17, 15) is 0 Å². The molecule has 0 aliphatic heterocycles. The zero-order valence-corrected chi connectivity index (χ0v) is 11.6. The van der Waals surface area contributed by atoms with Gasteiger partial charge in [-0.25, -0.2) is 0 Å². The van der Waals surface area contributed by atoms with E-state index < -0.39 is 0 Å². The Bertz CT molecular complexity index is 687. The first-order valence-corrected chi connectivity index (χ1v) is 6.88. The molecule has 0 radical (unpaired) electrons. The van der Waals surface area contributed by atoms with E-state index in [4.69, 9.17) is 0 Å². The molecular weight excluding hydrogens is 242 g/mol. The molecule has 1 aromatic heterocycles. The summed E-state index contributed by atoms with van der Waals surface area (Å²) >= 11 is 0. The van der Waals surface area contributed by atoms with Crippen LogP contribution in [0.2, 0.25) is 0 Å². The molecule has 0 aliphatic carbocycles. The second-order valence-corrected chi connectivity index (χ2v) is 4.95. The zero-order valence-electron chi connectivity index (χ0n) is 11.6. The quantitative estimate of drug-likeness (QED) is 0.667. The minimum absolute atomic E-state index is 0.921. The maximum atomic E-state index is 4.46. The van der Waals surface area contributed by atoms with Crippen LogP contribution in [0.25, 0.3) is 11.1 Å². The average Bonchev–Trinajstić information content (AvgIpc) is 2.51. The molecule has 0 N–H and O–H groups in total. The molecule has 0 bridgehead atoms. The van der Waals surface area contributed by atoms with E-state index in [1.54, 1.807) is 0 Å². The van der Waals surface area contributed by atoms with Gasteiger partial charge in [0.2, 0.25) is 0 Å². The third-order valence-corrected chi connectivity index (χ3v) is 3.58. The molecule has 3 aromatic rings. The summed E-state index contributed by atoms with van der Waals surface area (Å²) < 4.78 is 0. The molecule has 20 heavy (non-hydrogen) atoms. The van der Waals surface area contributed by atoms with Crippen LogP contribution in [-0.2, 0) is 6.42 Å². The fraction of sp³-hybridized carbons (Fsp3) is 0.105. The molecule has 0 saturated heterocycles. The lowest BCUT2D eigenvalue weighted by molar-refractivity contribution is 1.08. The minimum atomic E-state index is 0.921. The van der Waals surface area contributed by atoms with Crippen molar-refractivity contribution in [1.29, 1.82) is 0 Å². The third-order valence-electron chi connectivity index (χ3n) is 3.58. The van der Waals surface area contributed by atoms with Crippen molar-refractivity contribution in [3.05, 3.63) is 89.7 Å². The van der Waals surface area contributed by atoms with Gasteiger partial charge < -0.3 is 0 Å². The Kier molecular flexibility index (Phi) is 3.60. The number of nitrogens with zero attached hydrogens (tertiary/aromatic N) is 1. The molecule has 0 spiro atoms. The zero-order chi connectivity index (χ0) is 13.8. The number of aromatic nitrogens is 1. The van der Waals surface area contributed by atoms with Crippen LogP contribution in [-0.4, -0.2) is 4.98 Å². The summed E-state index contributed by atoms with van der Waals surface area (Å²) in [5, 5.41) is 0. The van der Waals surface area contributed by atoms with Crippen molar-refractivity contribution < 1.29 is 0 Å². The summed E-state index contributed by atoms with van der Waals surface area (Å²) in [4.78, 5) is 4.46. The first-order chi connectivity index (χ1) is 9.84. The number of benzene rings is 2. The Morgan fingerprint density at radius 1 is 0.800 bits per heavy atom. The van der Waals surface area contributed by atoms with Crippen molar-refractivity contribution >= 4 is 0 Å². The van der Waals surface area contributed by atoms with Gasteiger partial charge in [-0.15, -0.1) is 0 Å². The predicted molar refractivity (Wildman–Crippen MR) is 83.7 cm³/mol. The molecule has 2 aromatic carbocycles. The topological polar surface area (TPSA) is 12.9 Å². The molecule has 0 amide bonds. The highest BCUT2D eigenvalue weighted by molar-refractivity contribution is 5.68. The van der Waals surface area contributed by atoms with E-state index in [1.165, 1.54) is 22.3 Å².